The number of aldehydes is 1. The van der Waals surface area contributed by atoms with Gasteiger partial charge in [-0.2, -0.15) is 0 Å². The van der Waals surface area contributed by atoms with E-state index >= 15 is 0 Å². The monoisotopic (exact) mass is 244 g/mol. The van der Waals surface area contributed by atoms with Crippen molar-refractivity contribution >= 4 is 29.5 Å². The van der Waals surface area contributed by atoms with Crippen molar-refractivity contribution in [2.75, 3.05) is 12.4 Å². The zero-order valence-corrected chi connectivity index (χ0v) is 10.3. The molecule has 2 aromatic rings. The topological polar surface area (TPSA) is 42.0 Å². The maximum atomic E-state index is 10.7. The lowest BCUT2D eigenvalue weighted by molar-refractivity contribution is 0.112. The fraction of sp³-hybridized carbons (Fsp3) is 0.0769. The summed E-state index contributed by atoms with van der Waals surface area (Å²) in [5.41, 5.74) is 1.99. The van der Waals surface area contributed by atoms with E-state index < -0.39 is 0 Å². The second-order valence-corrected chi connectivity index (χ2v) is 4.51. The molecule has 0 saturated heterocycles. The van der Waals surface area contributed by atoms with Crippen LogP contribution in [0.4, 0.5) is 5.82 Å². The van der Waals surface area contributed by atoms with Gasteiger partial charge in [-0.15, -0.1) is 11.3 Å². The number of thiophene rings is 1. The quantitative estimate of drug-likeness (QED) is 0.839. The molecule has 0 saturated carbocycles. The smallest absolute Gasteiger partial charge is 0.160 e. The van der Waals surface area contributed by atoms with Crippen molar-refractivity contribution in [1.29, 1.82) is 0 Å². The van der Waals surface area contributed by atoms with Crippen LogP contribution >= 0.6 is 11.3 Å². The molecule has 2 rings (SSSR count). The van der Waals surface area contributed by atoms with E-state index in [0.717, 1.165) is 33.0 Å². The highest BCUT2D eigenvalue weighted by Crippen LogP contribution is 2.33. The Morgan fingerprint density at radius 2 is 2.24 bits per heavy atom. The Bertz CT molecular complexity index is 560. The molecule has 86 valence electrons. The van der Waals surface area contributed by atoms with E-state index in [1.165, 1.54) is 11.3 Å². The third-order valence-corrected chi connectivity index (χ3v) is 3.48. The molecule has 2 aromatic heterocycles. The van der Waals surface area contributed by atoms with Crippen LogP contribution < -0.4 is 5.32 Å². The first kappa shape index (κ1) is 11.5. The van der Waals surface area contributed by atoms with E-state index in [0.29, 0.717) is 0 Å². The van der Waals surface area contributed by atoms with Crippen LogP contribution in [0.5, 0.6) is 0 Å². The molecule has 0 amide bonds. The van der Waals surface area contributed by atoms with Crippen molar-refractivity contribution in [3.8, 4) is 10.4 Å². The average molecular weight is 244 g/mol. The second kappa shape index (κ2) is 4.93. The summed E-state index contributed by atoms with van der Waals surface area (Å²) in [6.07, 6.45) is 4.38. The summed E-state index contributed by atoms with van der Waals surface area (Å²) in [4.78, 5) is 16.7. The van der Waals surface area contributed by atoms with Gasteiger partial charge in [0.2, 0.25) is 0 Å². The van der Waals surface area contributed by atoms with Gasteiger partial charge in [0.1, 0.15) is 5.82 Å². The maximum absolute atomic E-state index is 10.7. The van der Waals surface area contributed by atoms with Crippen molar-refractivity contribution in [3.05, 3.63) is 41.4 Å². The van der Waals surface area contributed by atoms with Crippen molar-refractivity contribution < 1.29 is 4.79 Å². The highest BCUT2D eigenvalue weighted by Gasteiger charge is 2.09. The molecule has 0 radical (unpaired) electrons. The third kappa shape index (κ3) is 2.12. The van der Waals surface area contributed by atoms with Crippen LogP contribution in [-0.2, 0) is 0 Å². The number of hydrogen-bond donors (Lipinski definition) is 1. The van der Waals surface area contributed by atoms with Gasteiger partial charge in [-0.1, -0.05) is 12.7 Å². The Labute approximate surface area is 104 Å². The van der Waals surface area contributed by atoms with Gasteiger partial charge in [0, 0.05) is 29.2 Å². The number of nitrogens with one attached hydrogen (secondary N) is 1. The van der Waals surface area contributed by atoms with Crippen molar-refractivity contribution in [2.45, 2.75) is 0 Å². The number of carbonyl (C=O) groups is 1. The Morgan fingerprint density at radius 3 is 2.82 bits per heavy atom. The average Bonchev–Trinajstić information content (AvgIpc) is 2.86. The number of carbonyl (C=O) groups excluding carboxylic acids is 1. The summed E-state index contributed by atoms with van der Waals surface area (Å²) >= 11 is 1.46. The molecular formula is C13H12N2OS. The maximum Gasteiger partial charge on any atom is 0.160 e. The zero-order valence-electron chi connectivity index (χ0n) is 9.43. The van der Waals surface area contributed by atoms with E-state index in [-0.39, 0.29) is 0 Å². The van der Waals surface area contributed by atoms with Gasteiger partial charge in [0.05, 0.1) is 4.88 Å². The molecule has 3 nitrogen and oxygen atoms in total. The molecule has 0 fully saturated rings. The normalized spacial score (nSPS) is 9.94. The van der Waals surface area contributed by atoms with Gasteiger partial charge < -0.3 is 5.32 Å². The molecule has 0 atom stereocenters. The Kier molecular flexibility index (Phi) is 3.35. The molecule has 0 bridgehead atoms. The van der Waals surface area contributed by atoms with Gasteiger partial charge >= 0.3 is 0 Å². The largest absolute Gasteiger partial charge is 0.373 e. The van der Waals surface area contributed by atoms with Crippen molar-refractivity contribution in [2.24, 2.45) is 0 Å². The number of hydrogen-bond acceptors (Lipinski definition) is 4. The summed E-state index contributed by atoms with van der Waals surface area (Å²) in [6.45, 7) is 3.81. The number of aromatic nitrogens is 1. The molecule has 1 N–H and O–H groups in total. The molecule has 0 spiro atoms. The fourth-order valence-electron chi connectivity index (χ4n) is 1.65. The Balaban J connectivity index is 2.58. The van der Waals surface area contributed by atoms with Gasteiger partial charge in [0.15, 0.2) is 6.29 Å². The van der Waals surface area contributed by atoms with E-state index in [4.69, 9.17) is 0 Å². The molecular weight excluding hydrogens is 232 g/mol. The number of rotatable bonds is 4. The lowest BCUT2D eigenvalue weighted by atomic mass is 10.1. The predicted octanol–water partition coefficient (Wildman–Crippen LogP) is 3.31. The van der Waals surface area contributed by atoms with E-state index in [1.807, 2.05) is 25.2 Å². The standard InChI is InChI=1S/C13H12N2OS/c1-3-10-11(6-7-15-13(10)14-2)12-5-4-9(8-16)17-12/h3-8H,1H2,2H3,(H,14,15). The van der Waals surface area contributed by atoms with E-state index in [2.05, 4.69) is 16.9 Å². The van der Waals surface area contributed by atoms with Gasteiger partial charge in [-0.3, -0.25) is 4.79 Å². The van der Waals surface area contributed by atoms with Crippen LogP contribution in [0, 0.1) is 0 Å². The van der Waals surface area contributed by atoms with Crippen LogP contribution in [0.3, 0.4) is 0 Å². The van der Waals surface area contributed by atoms with Crippen LogP contribution in [0.1, 0.15) is 15.2 Å². The first-order valence-corrected chi connectivity index (χ1v) is 5.96. The van der Waals surface area contributed by atoms with Gasteiger partial charge in [0.25, 0.3) is 0 Å². The summed E-state index contributed by atoms with van der Waals surface area (Å²) in [5, 5.41) is 3.03. The summed E-state index contributed by atoms with van der Waals surface area (Å²) < 4.78 is 0. The summed E-state index contributed by atoms with van der Waals surface area (Å²) in [6, 6.07) is 5.69. The molecule has 4 heteroatoms. The predicted molar refractivity (Wildman–Crippen MR) is 72.6 cm³/mol. The second-order valence-electron chi connectivity index (χ2n) is 3.39. The van der Waals surface area contributed by atoms with Gasteiger partial charge in [-0.05, 0) is 18.2 Å². The highest BCUT2D eigenvalue weighted by atomic mass is 32.1. The van der Waals surface area contributed by atoms with Crippen LogP contribution in [0.25, 0.3) is 16.5 Å². The summed E-state index contributed by atoms with van der Waals surface area (Å²) in [5.74, 6) is 0.790. The molecule has 0 aliphatic heterocycles. The minimum absolute atomic E-state index is 0.720. The third-order valence-electron chi connectivity index (χ3n) is 2.44. The number of anilines is 1. The lowest BCUT2D eigenvalue weighted by Gasteiger charge is -2.08. The molecule has 17 heavy (non-hydrogen) atoms. The first-order valence-electron chi connectivity index (χ1n) is 5.14. The molecule has 0 aliphatic rings. The van der Waals surface area contributed by atoms with E-state index in [9.17, 15) is 4.79 Å². The minimum atomic E-state index is 0.720. The van der Waals surface area contributed by atoms with Crippen molar-refractivity contribution in [3.63, 3.8) is 0 Å². The Hall–Kier alpha value is -1.94. The van der Waals surface area contributed by atoms with Crippen LogP contribution in [-0.4, -0.2) is 18.3 Å². The fourth-order valence-corrected chi connectivity index (χ4v) is 2.52. The lowest BCUT2D eigenvalue weighted by Crippen LogP contribution is -1.96. The van der Waals surface area contributed by atoms with Gasteiger partial charge in [-0.25, -0.2) is 4.98 Å². The number of pyridine rings is 1. The zero-order chi connectivity index (χ0) is 12.3. The van der Waals surface area contributed by atoms with Crippen LogP contribution in [0.2, 0.25) is 0 Å². The SMILES string of the molecule is C=Cc1c(-c2ccc(C=O)s2)ccnc1NC. The first-order chi connectivity index (χ1) is 8.30. The minimum Gasteiger partial charge on any atom is -0.373 e. The van der Waals surface area contributed by atoms with Crippen LogP contribution in [0.15, 0.2) is 31.0 Å². The van der Waals surface area contributed by atoms with E-state index in [1.54, 1.807) is 12.3 Å². The summed E-state index contributed by atoms with van der Waals surface area (Å²) in [7, 11) is 1.82. The number of nitrogens with zero attached hydrogens (tertiary/aromatic N) is 1. The molecule has 0 unspecified atom stereocenters. The molecule has 2 heterocycles. The Morgan fingerprint density at radius 1 is 1.41 bits per heavy atom. The highest BCUT2D eigenvalue weighted by molar-refractivity contribution is 7.17. The molecule has 0 aliphatic carbocycles. The molecule has 0 aromatic carbocycles. The van der Waals surface area contributed by atoms with Crippen molar-refractivity contribution in [1.82, 2.24) is 4.98 Å².